The molecule has 0 aromatic rings. The molecule has 72 valence electrons. The lowest BCUT2D eigenvalue weighted by Gasteiger charge is -2.11. The number of aliphatic hydroxyl groups is 1. The van der Waals surface area contributed by atoms with Crippen LogP contribution in [0.15, 0.2) is 0 Å². The maximum absolute atomic E-state index is 10.7. The Morgan fingerprint density at radius 1 is 1.67 bits per heavy atom. The molecular formula is C5H11NO5S. The maximum atomic E-state index is 10.7. The van der Waals surface area contributed by atoms with E-state index in [9.17, 15) is 13.2 Å². The van der Waals surface area contributed by atoms with Crippen LogP contribution < -0.4 is 4.72 Å². The minimum atomic E-state index is -3.50. The van der Waals surface area contributed by atoms with E-state index in [1.165, 1.54) is 0 Å². The number of rotatable bonds is 4. The molecule has 0 aromatic carbocycles. The lowest BCUT2D eigenvalue weighted by molar-refractivity contribution is -0.143. The molecule has 0 amide bonds. The third kappa shape index (κ3) is 4.27. The van der Waals surface area contributed by atoms with Gasteiger partial charge in [0.2, 0.25) is 10.0 Å². The molecule has 0 bridgehead atoms. The summed E-state index contributed by atoms with van der Waals surface area (Å²) in [5.74, 6) is -0.817. The average Bonchev–Trinajstić information content (AvgIpc) is 1.97. The molecule has 0 rings (SSSR count). The maximum Gasteiger partial charge on any atom is 0.326 e. The number of ether oxygens (including phenoxy) is 1. The van der Waals surface area contributed by atoms with Gasteiger partial charge in [-0.1, -0.05) is 0 Å². The second-order valence-electron chi connectivity index (χ2n) is 2.15. The third-order valence-electron chi connectivity index (χ3n) is 1.02. The second-order valence-corrected chi connectivity index (χ2v) is 3.93. The summed E-state index contributed by atoms with van der Waals surface area (Å²) in [7, 11) is -2.40. The lowest BCUT2D eigenvalue weighted by atomic mass is 10.3. The van der Waals surface area contributed by atoms with Gasteiger partial charge in [0, 0.05) is 0 Å². The highest BCUT2D eigenvalue weighted by Crippen LogP contribution is 1.88. The van der Waals surface area contributed by atoms with Gasteiger partial charge >= 0.3 is 5.97 Å². The average molecular weight is 197 g/mol. The molecule has 0 spiro atoms. The normalized spacial score (nSPS) is 13.9. The van der Waals surface area contributed by atoms with Gasteiger partial charge < -0.3 is 9.84 Å². The highest BCUT2D eigenvalue weighted by atomic mass is 32.2. The number of methoxy groups -OCH3 is 1. The first kappa shape index (κ1) is 11.3. The summed E-state index contributed by atoms with van der Waals surface area (Å²) < 4.78 is 27.3. The van der Waals surface area contributed by atoms with Crippen LogP contribution in [0.5, 0.6) is 0 Å². The molecule has 2 N–H and O–H groups in total. The van der Waals surface area contributed by atoms with E-state index < -0.39 is 28.6 Å². The number of hydrogen-bond acceptors (Lipinski definition) is 5. The summed E-state index contributed by atoms with van der Waals surface area (Å²) in [6, 6.07) is -1.22. The highest BCUT2D eigenvalue weighted by molar-refractivity contribution is 7.88. The van der Waals surface area contributed by atoms with Crippen LogP contribution in [0.4, 0.5) is 0 Å². The van der Waals surface area contributed by atoms with Crippen molar-refractivity contribution in [2.45, 2.75) is 6.04 Å². The van der Waals surface area contributed by atoms with Gasteiger partial charge in [0.25, 0.3) is 0 Å². The Hall–Kier alpha value is -0.660. The summed E-state index contributed by atoms with van der Waals surface area (Å²) in [5.41, 5.74) is 0. The van der Waals surface area contributed by atoms with Crippen LogP contribution in [0.3, 0.4) is 0 Å². The van der Waals surface area contributed by atoms with Crippen LogP contribution >= 0.6 is 0 Å². The molecule has 0 aromatic heterocycles. The molecule has 6 nitrogen and oxygen atoms in total. The Balaban J connectivity index is 4.29. The SMILES string of the molecule is COC(=O)C(CO)NS(C)(=O)=O. The zero-order valence-corrected chi connectivity index (χ0v) is 7.59. The first-order valence-corrected chi connectivity index (χ1v) is 4.96. The van der Waals surface area contributed by atoms with Crippen LogP contribution in [-0.2, 0) is 19.6 Å². The fourth-order valence-corrected chi connectivity index (χ4v) is 1.25. The summed E-state index contributed by atoms with van der Waals surface area (Å²) >= 11 is 0. The first-order valence-electron chi connectivity index (χ1n) is 3.06. The van der Waals surface area contributed by atoms with Gasteiger partial charge in [-0.2, -0.15) is 4.72 Å². The van der Waals surface area contributed by atoms with Crippen molar-refractivity contribution in [1.29, 1.82) is 0 Å². The molecular weight excluding hydrogens is 186 g/mol. The summed E-state index contributed by atoms with van der Waals surface area (Å²) in [6.07, 6.45) is 0.888. The molecule has 1 atom stereocenters. The Kier molecular flexibility index (Phi) is 4.15. The van der Waals surface area contributed by atoms with Crippen LogP contribution in [-0.4, -0.2) is 45.5 Å². The van der Waals surface area contributed by atoms with Crippen molar-refractivity contribution < 1.29 is 23.1 Å². The molecule has 7 heteroatoms. The van der Waals surface area contributed by atoms with Crippen molar-refractivity contribution in [3.05, 3.63) is 0 Å². The quantitative estimate of drug-likeness (QED) is 0.512. The smallest absolute Gasteiger partial charge is 0.326 e. The van der Waals surface area contributed by atoms with E-state index in [-0.39, 0.29) is 0 Å². The Labute approximate surface area is 70.6 Å². The molecule has 0 saturated carbocycles. The van der Waals surface area contributed by atoms with Crippen LogP contribution in [0.2, 0.25) is 0 Å². The molecule has 0 aliphatic rings. The molecule has 12 heavy (non-hydrogen) atoms. The number of esters is 1. The first-order chi connectivity index (χ1) is 5.40. The van der Waals surface area contributed by atoms with Crippen molar-refractivity contribution in [2.24, 2.45) is 0 Å². The predicted octanol–water partition coefficient (Wildman–Crippen LogP) is -1.93. The Bertz CT molecular complexity index is 247. The molecule has 0 radical (unpaired) electrons. The molecule has 0 aliphatic carbocycles. The van der Waals surface area contributed by atoms with Crippen molar-refractivity contribution in [3.8, 4) is 0 Å². The second kappa shape index (κ2) is 4.39. The summed E-state index contributed by atoms with van der Waals surface area (Å²) in [5, 5.41) is 8.56. The minimum Gasteiger partial charge on any atom is -0.468 e. The van der Waals surface area contributed by atoms with Crippen LogP contribution in [0.1, 0.15) is 0 Å². The standard InChI is InChI=1S/C5H11NO5S/c1-11-5(8)4(3-7)6-12(2,9)10/h4,6-7H,3H2,1-2H3. The molecule has 0 heterocycles. The van der Waals surface area contributed by atoms with Gasteiger partial charge in [-0.15, -0.1) is 0 Å². The van der Waals surface area contributed by atoms with Crippen molar-refractivity contribution in [2.75, 3.05) is 20.0 Å². The van der Waals surface area contributed by atoms with E-state index in [1.807, 2.05) is 4.72 Å². The van der Waals surface area contributed by atoms with Crippen LogP contribution in [0.25, 0.3) is 0 Å². The molecule has 0 saturated heterocycles. The zero-order chi connectivity index (χ0) is 9.78. The van der Waals surface area contributed by atoms with E-state index in [0.717, 1.165) is 13.4 Å². The topological polar surface area (TPSA) is 92.7 Å². The number of hydrogen-bond donors (Lipinski definition) is 2. The predicted molar refractivity (Wildman–Crippen MR) is 40.9 cm³/mol. The van der Waals surface area contributed by atoms with E-state index in [4.69, 9.17) is 5.11 Å². The van der Waals surface area contributed by atoms with Gasteiger partial charge in [-0.05, 0) is 0 Å². The monoisotopic (exact) mass is 197 g/mol. The van der Waals surface area contributed by atoms with E-state index in [0.29, 0.717) is 0 Å². The van der Waals surface area contributed by atoms with Gasteiger partial charge in [-0.25, -0.2) is 8.42 Å². The van der Waals surface area contributed by atoms with E-state index in [1.54, 1.807) is 0 Å². The third-order valence-corrected chi connectivity index (χ3v) is 1.74. The van der Waals surface area contributed by atoms with Crippen LogP contribution in [0, 0.1) is 0 Å². The van der Waals surface area contributed by atoms with Crippen molar-refractivity contribution in [3.63, 3.8) is 0 Å². The largest absolute Gasteiger partial charge is 0.468 e. The number of nitrogens with one attached hydrogen (secondary N) is 1. The van der Waals surface area contributed by atoms with Gasteiger partial charge in [0.05, 0.1) is 20.0 Å². The number of carbonyl (C=O) groups excluding carboxylic acids is 1. The number of carbonyl (C=O) groups is 1. The summed E-state index contributed by atoms with van der Waals surface area (Å²) in [6.45, 7) is -0.625. The molecule has 1 unspecified atom stereocenters. The fraction of sp³-hybridized carbons (Fsp3) is 0.800. The highest BCUT2D eigenvalue weighted by Gasteiger charge is 2.21. The van der Waals surface area contributed by atoms with Gasteiger partial charge in [0.15, 0.2) is 0 Å². The minimum absolute atomic E-state index is 0.625. The lowest BCUT2D eigenvalue weighted by Crippen LogP contribution is -2.43. The van der Waals surface area contributed by atoms with Crippen molar-refractivity contribution >= 4 is 16.0 Å². The van der Waals surface area contributed by atoms with Gasteiger partial charge in [-0.3, -0.25) is 4.79 Å². The number of aliphatic hydroxyl groups excluding tert-OH is 1. The summed E-state index contributed by atoms with van der Waals surface area (Å²) in [4.78, 5) is 10.7. The van der Waals surface area contributed by atoms with Crippen molar-refractivity contribution in [1.82, 2.24) is 4.72 Å². The Morgan fingerprint density at radius 2 is 2.17 bits per heavy atom. The molecule has 0 aliphatic heterocycles. The molecule has 0 fully saturated rings. The van der Waals surface area contributed by atoms with Gasteiger partial charge in [0.1, 0.15) is 6.04 Å². The fourth-order valence-electron chi connectivity index (χ4n) is 0.561. The zero-order valence-electron chi connectivity index (χ0n) is 6.77. The van der Waals surface area contributed by atoms with E-state index in [2.05, 4.69) is 4.74 Å². The van der Waals surface area contributed by atoms with E-state index >= 15 is 0 Å². The Morgan fingerprint density at radius 3 is 2.42 bits per heavy atom. The number of sulfonamides is 1.